The van der Waals surface area contributed by atoms with Crippen molar-refractivity contribution in [3.05, 3.63) is 0 Å². The largest absolute Gasteiger partial charge is 0.540 e. The zero-order valence-corrected chi connectivity index (χ0v) is 9.62. The van der Waals surface area contributed by atoms with Gasteiger partial charge in [0.25, 0.3) is 0 Å². The molecule has 0 saturated heterocycles. The molecule has 5 heteroatoms. The third-order valence-corrected chi connectivity index (χ3v) is 2.00. The molecule has 0 aliphatic heterocycles. The van der Waals surface area contributed by atoms with Crippen LogP contribution in [0.3, 0.4) is 0 Å². The van der Waals surface area contributed by atoms with Crippen LogP contribution in [0.2, 0.25) is 0 Å². The molecule has 0 aliphatic carbocycles. The van der Waals surface area contributed by atoms with Gasteiger partial charge in [0, 0.05) is 0 Å². The van der Waals surface area contributed by atoms with Gasteiger partial charge in [-0.15, -0.1) is 0 Å². The van der Waals surface area contributed by atoms with Gasteiger partial charge in [-0.1, -0.05) is 32.6 Å². The molecule has 0 heterocycles. The fraction of sp³-hybridized carbons (Fsp3) is 0.900. The molecular weight excluding hydrogens is 200 g/mol. The molecule has 0 rings (SSSR count). The van der Waals surface area contributed by atoms with Gasteiger partial charge in [-0.05, 0) is 25.3 Å². The van der Waals surface area contributed by atoms with E-state index in [9.17, 15) is 4.79 Å². The summed E-state index contributed by atoms with van der Waals surface area (Å²) in [4.78, 5) is 18.6. The normalized spacial score (nSPS) is 11.4. The molecule has 0 bridgehead atoms. The highest BCUT2D eigenvalue weighted by Crippen LogP contribution is 2.19. The molecule has 0 saturated carbocycles. The molecule has 90 valence electrons. The van der Waals surface area contributed by atoms with E-state index in [1.165, 1.54) is 12.8 Å². The lowest BCUT2D eigenvalue weighted by Gasteiger charge is -2.21. The van der Waals surface area contributed by atoms with Crippen LogP contribution in [-0.2, 0) is 14.8 Å². The van der Waals surface area contributed by atoms with Gasteiger partial charge in [0.05, 0.1) is 0 Å². The van der Waals surface area contributed by atoms with Gasteiger partial charge in [0.1, 0.15) is 5.60 Å². The van der Waals surface area contributed by atoms with Crippen molar-refractivity contribution < 1.29 is 24.7 Å². The van der Waals surface area contributed by atoms with Crippen LogP contribution >= 0.6 is 0 Å². The lowest BCUT2D eigenvalue weighted by molar-refractivity contribution is -0.516. The van der Waals surface area contributed by atoms with Crippen LogP contribution in [0.5, 0.6) is 0 Å². The SMILES string of the molecule is CCCCCCC(C)(C)OOOC(=O)O. The number of hydrogen-bond donors (Lipinski definition) is 1. The Morgan fingerprint density at radius 3 is 2.47 bits per heavy atom. The van der Waals surface area contributed by atoms with E-state index < -0.39 is 11.8 Å². The van der Waals surface area contributed by atoms with Crippen molar-refractivity contribution in [2.24, 2.45) is 0 Å². The Morgan fingerprint density at radius 1 is 1.27 bits per heavy atom. The van der Waals surface area contributed by atoms with Crippen molar-refractivity contribution in [3.8, 4) is 0 Å². The molecule has 0 unspecified atom stereocenters. The Morgan fingerprint density at radius 2 is 1.93 bits per heavy atom. The molecule has 0 aromatic carbocycles. The summed E-state index contributed by atoms with van der Waals surface area (Å²) in [5.41, 5.74) is -0.525. The molecule has 0 aromatic rings. The number of carbonyl (C=O) groups is 1. The first-order valence-electron chi connectivity index (χ1n) is 5.23. The van der Waals surface area contributed by atoms with Crippen molar-refractivity contribution in [1.82, 2.24) is 0 Å². The molecule has 5 nitrogen and oxygen atoms in total. The minimum atomic E-state index is -1.52. The van der Waals surface area contributed by atoms with Crippen molar-refractivity contribution in [2.75, 3.05) is 0 Å². The monoisotopic (exact) mass is 220 g/mol. The van der Waals surface area contributed by atoms with E-state index in [4.69, 9.17) is 9.99 Å². The van der Waals surface area contributed by atoms with Crippen molar-refractivity contribution in [3.63, 3.8) is 0 Å². The second kappa shape index (κ2) is 7.48. The molecule has 1 N–H and O–H groups in total. The highest BCUT2D eigenvalue weighted by molar-refractivity contribution is 5.55. The summed E-state index contributed by atoms with van der Waals surface area (Å²) in [6.07, 6.45) is 3.83. The van der Waals surface area contributed by atoms with Gasteiger partial charge in [-0.25, -0.2) is 9.68 Å². The molecule has 0 radical (unpaired) electrons. The number of rotatable bonds is 8. The van der Waals surface area contributed by atoms with Gasteiger partial charge < -0.3 is 5.11 Å². The Balaban J connectivity index is 3.53. The van der Waals surface area contributed by atoms with Crippen LogP contribution in [-0.4, -0.2) is 16.9 Å². The van der Waals surface area contributed by atoms with Crippen LogP contribution in [0.4, 0.5) is 4.79 Å². The minimum Gasteiger partial charge on any atom is -0.448 e. The molecule has 15 heavy (non-hydrogen) atoms. The van der Waals surface area contributed by atoms with E-state index >= 15 is 0 Å². The van der Waals surface area contributed by atoms with Gasteiger partial charge in [0.15, 0.2) is 0 Å². The first-order valence-corrected chi connectivity index (χ1v) is 5.23. The summed E-state index contributed by atoms with van der Waals surface area (Å²) in [7, 11) is 0. The highest BCUT2D eigenvalue weighted by atomic mass is 17.5. The first kappa shape index (κ1) is 14.2. The van der Waals surface area contributed by atoms with Gasteiger partial charge in [-0.3, -0.25) is 0 Å². The summed E-state index contributed by atoms with van der Waals surface area (Å²) in [5, 5.41) is 12.2. The number of carboxylic acid groups (broad SMARTS) is 1. The van der Waals surface area contributed by atoms with E-state index in [1.807, 2.05) is 13.8 Å². The van der Waals surface area contributed by atoms with Gasteiger partial charge >= 0.3 is 6.16 Å². The third-order valence-electron chi connectivity index (χ3n) is 2.00. The summed E-state index contributed by atoms with van der Waals surface area (Å²) >= 11 is 0. The zero-order chi connectivity index (χ0) is 11.7. The van der Waals surface area contributed by atoms with Crippen LogP contribution < -0.4 is 0 Å². The molecule has 0 fully saturated rings. The third kappa shape index (κ3) is 9.49. The van der Waals surface area contributed by atoms with Crippen molar-refractivity contribution >= 4 is 6.16 Å². The van der Waals surface area contributed by atoms with E-state index in [1.54, 1.807) is 0 Å². The molecular formula is C10H20O5. The summed E-state index contributed by atoms with van der Waals surface area (Å²) in [5.74, 6) is 0. The van der Waals surface area contributed by atoms with Gasteiger partial charge in [0.2, 0.25) is 0 Å². The summed E-state index contributed by atoms with van der Waals surface area (Å²) in [6.45, 7) is 5.79. The Kier molecular flexibility index (Phi) is 7.07. The van der Waals surface area contributed by atoms with E-state index in [0.29, 0.717) is 0 Å². The second-order valence-corrected chi connectivity index (χ2v) is 4.07. The van der Waals surface area contributed by atoms with Crippen LogP contribution in [0.1, 0.15) is 52.9 Å². The first-order chi connectivity index (χ1) is 6.98. The van der Waals surface area contributed by atoms with Crippen LogP contribution in [0.25, 0.3) is 0 Å². The maximum atomic E-state index is 9.96. The average molecular weight is 220 g/mol. The van der Waals surface area contributed by atoms with Crippen molar-refractivity contribution in [2.45, 2.75) is 58.5 Å². The average Bonchev–Trinajstić information content (AvgIpc) is 2.11. The van der Waals surface area contributed by atoms with E-state index in [2.05, 4.69) is 16.8 Å². The van der Waals surface area contributed by atoms with E-state index in [0.717, 1.165) is 19.3 Å². The standard InChI is InChI=1S/C10H20O5/c1-4-5-6-7-8-10(2,3)14-15-13-9(11)12/h4-8H2,1-3H3,(H,11,12). The topological polar surface area (TPSA) is 65.0 Å². The second-order valence-electron chi connectivity index (χ2n) is 4.07. The fourth-order valence-electron chi connectivity index (χ4n) is 1.16. The predicted octanol–water partition coefficient (Wildman–Crippen LogP) is 3.29. The maximum Gasteiger partial charge on any atom is 0.540 e. The Bertz CT molecular complexity index is 179. The maximum absolute atomic E-state index is 9.96. The smallest absolute Gasteiger partial charge is 0.448 e. The van der Waals surface area contributed by atoms with E-state index in [-0.39, 0.29) is 0 Å². The fourth-order valence-corrected chi connectivity index (χ4v) is 1.16. The van der Waals surface area contributed by atoms with Crippen LogP contribution in [0.15, 0.2) is 0 Å². The van der Waals surface area contributed by atoms with Gasteiger partial charge in [-0.2, -0.15) is 4.89 Å². The minimum absolute atomic E-state index is 0.525. The number of hydrogen-bond acceptors (Lipinski definition) is 4. The predicted molar refractivity (Wildman–Crippen MR) is 54.1 cm³/mol. The van der Waals surface area contributed by atoms with Crippen LogP contribution in [0, 0.1) is 0 Å². The van der Waals surface area contributed by atoms with Crippen molar-refractivity contribution in [1.29, 1.82) is 0 Å². The molecule has 0 aromatic heterocycles. The molecule has 0 spiro atoms. The number of unbranched alkanes of at least 4 members (excludes halogenated alkanes) is 3. The highest BCUT2D eigenvalue weighted by Gasteiger charge is 2.20. The quantitative estimate of drug-likeness (QED) is 0.386. The molecule has 0 amide bonds. The molecule has 0 aliphatic rings. The molecule has 0 atom stereocenters. The summed E-state index contributed by atoms with van der Waals surface area (Å²) in [6, 6.07) is 0. The lowest BCUT2D eigenvalue weighted by Crippen LogP contribution is -2.25. The Hall–Kier alpha value is -0.810. The lowest BCUT2D eigenvalue weighted by atomic mass is 10.0. The Labute approximate surface area is 90.2 Å². The summed E-state index contributed by atoms with van der Waals surface area (Å²) < 4.78 is 0. The zero-order valence-electron chi connectivity index (χ0n) is 9.62.